The average molecular weight is 440 g/mol. The molecule has 4 rings (SSSR count). The number of aromatic nitrogens is 1. The van der Waals surface area contributed by atoms with Crippen LogP contribution in [-0.4, -0.2) is 41.5 Å². The third-order valence-corrected chi connectivity index (χ3v) is 5.91. The van der Waals surface area contributed by atoms with Gasteiger partial charge in [-0.2, -0.15) is 0 Å². The summed E-state index contributed by atoms with van der Waals surface area (Å²) in [5.74, 6) is -1.33. The normalized spacial score (nSPS) is 13.4. The Morgan fingerprint density at radius 1 is 1.23 bits per heavy atom. The van der Waals surface area contributed by atoms with Crippen LogP contribution < -0.4 is 10.2 Å². The molecule has 9 nitrogen and oxygen atoms in total. The van der Waals surface area contributed by atoms with Crippen molar-refractivity contribution in [2.45, 2.75) is 19.8 Å². The van der Waals surface area contributed by atoms with Gasteiger partial charge in [0.05, 0.1) is 20.7 Å². The van der Waals surface area contributed by atoms with E-state index in [1.165, 1.54) is 23.5 Å². The van der Waals surface area contributed by atoms with E-state index < -0.39 is 23.4 Å². The Bertz CT molecular complexity index is 1170. The van der Waals surface area contributed by atoms with Crippen molar-refractivity contribution in [2.75, 3.05) is 29.9 Å². The molecule has 2 heterocycles. The zero-order valence-corrected chi connectivity index (χ0v) is 17.6. The third-order valence-electron chi connectivity index (χ3n) is 4.98. The van der Waals surface area contributed by atoms with Crippen LogP contribution in [0.3, 0.4) is 0 Å². The highest BCUT2D eigenvalue weighted by Crippen LogP contribution is 2.32. The quantitative estimate of drug-likeness (QED) is 0.351. The maximum absolute atomic E-state index is 12.3. The van der Waals surface area contributed by atoms with Crippen LogP contribution in [0.2, 0.25) is 0 Å². The number of nitrogens with zero attached hydrogens (tertiary/aromatic N) is 3. The Kier molecular flexibility index (Phi) is 5.81. The molecule has 160 valence electrons. The molecule has 0 atom stereocenters. The maximum atomic E-state index is 12.3. The Morgan fingerprint density at radius 2 is 2.00 bits per heavy atom. The maximum Gasteiger partial charge on any atom is 0.338 e. The fraction of sp³-hybridized carbons (Fsp3) is 0.286. The summed E-state index contributed by atoms with van der Waals surface area (Å²) in [5.41, 5.74) is 2.23. The lowest BCUT2D eigenvalue weighted by Gasteiger charge is -2.17. The lowest BCUT2D eigenvalue weighted by atomic mass is 10.1. The van der Waals surface area contributed by atoms with E-state index in [1.54, 1.807) is 6.07 Å². The SMILES string of the molecule is Cc1ccc2nc(NC(=O)COC(=O)c3ccc(N4CCCC4)c([N+](=O)[O-])c3)sc2c1. The molecule has 1 aromatic heterocycles. The summed E-state index contributed by atoms with van der Waals surface area (Å²) in [4.78, 5) is 41.7. The van der Waals surface area contributed by atoms with E-state index in [9.17, 15) is 19.7 Å². The van der Waals surface area contributed by atoms with E-state index in [0.29, 0.717) is 10.8 Å². The summed E-state index contributed by atoms with van der Waals surface area (Å²) in [7, 11) is 0. The third kappa shape index (κ3) is 4.64. The van der Waals surface area contributed by atoms with Crippen molar-refractivity contribution in [2.24, 2.45) is 0 Å². The lowest BCUT2D eigenvalue weighted by molar-refractivity contribution is -0.384. The number of amides is 1. The largest absolute Gasteiger partial charge is 0.452 e. The van der Waals surface area contributed by atoms with Gasteiger partial charge in [0.15, 0.2) is 11.7 Å². The van der Waals surface area contributed by atoms with Gasteiger partial charge in [-0.1, -0.05) is 17.4 Å². The van der Waals surface area contributed by atoms with Gasteiger partial charge >= 0.3 is 5.97 Å². The Balaban J connectivity index is 1.39. The van der Waals surface area contributed by atoms with E-state index in [2.05, 4.69) is 10.3 Å². The predicted molar refractivity (Wildman–Crippen MR) is 118 cm³/mol. The van der Waals surface area contributed by atoms with Crippen LogP contribution in [0, 0.1) is 17.0 Å². The Hall–Kier alpha value is -3.53. The molecular weight excluding hydrogens is 420 g/mol. The molecule has 0 radical (unpaired) electrons. The monoisotopic (exact) mass is 440 g/mol. The first-order valence-electron chi connectivity index (χ1n) is 9.78. The summed E-state index contributed by atoms with van der Waals surface area (Å²) in [5, 5.41) is 14.5. The number of aryl methyl sites for hydroxylation is 1. The van der Waals surface area contributed by atoms with Crippen molar-refractivity contribution in [3.05, 3.63) is 57.6 Å². The highest BCUT2D eigenvalue weighted by atomic mass is 32.1. The Labute approximate surface area is 181 Å². The highest BCUT2D eigenvalue weighted by molar-refractivity contribution is 7.22. The number of nitrogens with one attached hydrogen (secondary N) is 1. The number of fused-ring (bicyclic) bond motifs is 1. The van der Waals surface area contributed by atoms with Gasteiger partial charge in [-0.3, -0.25) is 20.2 Å². The van der Waals surface area contributed by atoms with Gasteiger partial charge < -0.3 is 9.64 Å². The number of carbonyl (C=O) groups is 2. The molecule has 1 aliphatic rings. The van der Waals surface area contributed by atoms with Crippen LogP contribution in [0.15, 0.2) is 36.4 Å². The van der Waals surface area contributed by atoms with Crippen molar-refractivity contribution >= 4 is 49.9 Å². The molecule has 1 N–H and O–H groups in total. The van der Waals surface area contributed by atoms with E-state index in [1.807, 2.05) is 30.0 Å². The standard InChI is InChI=1S/C21H20N4O5S/c1-13-4-6-15-18(10-13)31-21(22-15)23-19(26)12-30-20(27)14-5-7-16(17(11-14)25(28)29)24-8-2-3-9-24/h4-7,10-11H,2-3,8-9,12H2,1H3,(H,22,23,26). The van der Waals surface area contributed by atoms with Crippen molar-refractivity contribution in [1.29, 1.82) is 0 Å². The van der Waals surface area contributed by atoms with E-state index >= 15 is 0 Å². The number of nitro groups is 1. The summed E-state index contributed by atoms with van der Waals surface area (Å²) >= 11 is 1.33. The Morgan fingerprint density at radius 3 is 2.74 bits per heavy atom. The number of rotatable bonds is 6. The minimum absolute atomic E-state index is 0.0258. The zero-order valence-electron chi connectivity index (χ0n) is 16.8. The first-order chi connectivity index (χ1) is 14.9. The molecule has 1 saturated heterocycles. The predicted octanol–water partition coefficient (Wildman–Crippen LogP) is 3.91. The molecule has 3 aromatic rings. The van der Waals surface area contributed by atoms with Crippen LogP contribution in [0.5, 0.6) is 0 Å². The van der Waals surface area contributed by atoms with Crippen LogP contribution in [-0.2, 0) is 9.53 Å². The molecule has 1 aliphatic heterocycles. The topological polar surface area (TPSA) is 115 Å². The van der Waals surface area contributed by atoms with Gasteiger partial charge in [0.2, 0.25) is 0 Å². The molecule has 0 aliphatic carbocycles. The van der Waals surface area contributed by atoms with Crippen LogP contribution in [0.1, 0.15) is 28.8 Å². The van der Waals surface area contributed by atoms with Gasteiger partial charge in [0.25, 0.3) is 11.6 Å². The second kappa shape index (κ2) is 8.68. The van der Waals surface area contributed by atoms with Gasteiger partial charge in [-0.15, -0.1) is 0 Å². The summed E-state index contributed by atoms with van der Waals surface area (Å²) in [6, 6.07) is 10.0. The molecule has 0 bridgehead atoms. The molecule has 31 heavy (non-hydrogen) atoms. The average Bonchev–Trinajstić information content (AvgIpc) is 3.40. The number of anilines is 2. The van der Waals surface area contributed by atoms with E-state index in [4.69, 9.17) is 4.74 Å². The minimum atomic E-state index is -0.800. The van der Waals surface area contributed by atoms with Crippen molar-refractivity contribution in [1.82, 2.24) is 4.98 Å². The second-order valence-electron chi connectivity index (χ2n) is 7.27. The molecule has 1 amide bonds. The lowest BCUT2D eigenvalue weighted by Crippen LogP contribution is -2.21. The molecule has 1 fully saturated rings. The molecular formula is C21H20N4O5S. The zero-order chi connectivity index (χ0) is 22.0. The number of benzene rings is 2. The number of hydrogen-bond acceptors (Lipinski definition) is 8. The highest BCUT2D eigenvalue weighted by Gasteiger charge is 2.24. The number of hydrogen-bond donors (Lipinski definition) is 1. The van der Waals surface area contributed by atoms with Crippen LogP contribution >= 0.6 is 11.3 Å². The summed E-state index contributed by atoms with van der Waals surface area (Å²) < 4.78 is 5.99. The fourth-order valence-electron chi connectivity index (χ4n) is 3.48. The van der Waals surface area contributed by atoms with Crippen LogP contribution in [0.25, 0.3) is 10.2 Å². The number of esters is 1. The summed E-state index contributed by atoms with van der Waals surface area (Å²) in [6.45, 7) is 2.95. The first kappa shape index (κ1) is 20.7. The number of ether oxygens (including phenoxy) is 1. The van der Waals surface area contributed by atoms with Crippen molar-refractivity contribution in [3.8, 4) is 0 Å². The minimum Gasteiger partial charge on any atom is -0.452 e. The smallest absolute Gasteiger partial charge is 0.338 e. The van der Waals surface area contributed by atoms with Gasteiger partial charge in [-0.25, -0.2) is 9.78 Å². The number of carbonyl (C=O) groups excluding carboxylic acids is 2. The van der Waals surface area contributed by atoms with Gasteiger partial charge in [-0.05, 0) is 49.6 Å². The van der Waals surface area contributed by atoms with Crippen molar-refractivity contribution in [3.63, 3.8) is 0 Å². The number of nitro benzene ring substituents is 1. The molecule has 0 spiro atoms. The van der Waals surface area contributed by atoms with Crippen molar-refractivity contribution < 1.29 is 19.2 Å². The number of thiazole rings is 1. The van der Waals surface area contributed by atoms with Crippen LogP contribution in [0.4, 0.5) is 16.5 Å². The molecule has 0 unspecified atom stereocenters. The fourth-order valence-corrected chi connectivity index (χ4v) is 4.46. The molecule has 10 heteroatoms. The first-order valence-corrected chi connectivity index (χ1v) is 10.6. The molecule has 0 saturated carbocycles. The molecule has 2 aromatic carbocycles. The van der Waals surface area contributed by atoms with Gasteiger partial charge in [0.1, 0.15) is 5.69 Å². The van der Waals surface area contributed by atoms with E-state index in [-0.39, 0.29) is 11.3 Å². The second-order valence-corrected chi connectivity index (χ2v) is 8.30. The summed E-state index contributed by atoms with van der Waals surface area (Å²) in [6.07, 6.45) is 1.95. The van der Waals surface area contributed by atoms with Gasteiger partial charge in [0, 0.05) is 19.2 Å². The van der Waals surface area contributed by atoms with E-state index in [0.717, 1.165) is 41.7 Å².